The van der Waals surface area contributed by atoms with E-state index in [0.29, 0.717) is 28.0 Å². The first-order valence-electron chi connectivity index (χ1n) is 7.57. The van der Waals surface area contributed by atoms with E-state index in [-0.39, 0.29) is 5.91 Å². The van der Waals surface area contributed by atoms with E-state index in [1.54, 1.807) is 42.6 Å². The molecule has 1 N–H and O–H groups in total. The number of benzene rings is 2. The summed E-state index contributed by atoms with van der Waals surface area (Å²) in [6.07, 6.45) is 1.71. The van der Waals surface area contributed by atoms with Crippen molar-refractivity contribution >= 4 is 35.0 Å². The van der Waals surface area contributed by atoms with Crippen molar-refractivity contribution in [2.75, 3.05) is 11.1 Å². The summed E-state index contributed by atoms with van der Waals surface area (Å²) in [7, 11) is 0. The lowest BCUT2D eigenvalue weighted by molar-refractivity contribution is -0.113. The van der Waals surface area contributed by atoms with Crippen molar-refractivity contribution in [1.29, 1.82) is 0 Å². The molecule has 0 spiro atoms. The molecule has 0 unspecified atom stereocenters. The highest BCUT2D eigenvalue weighted by molar-refractivity contribution is 7.99. The quantitative estimate of drug-likeness (QED) is 0.601. The van der Waals surface area contributed by atoms with Crippen LogP contribution in [0.5, 0.6) is 11.5 Å². The summed E-state index contributed by atoms with van der Waals surface area (Å²) in [5.41, 5.74) is 0.707. The number of nitrogens with one attached hydrogen (secondary N) is 1. The molecule has 0 saturated carbocycles. The van der Waals surface area contributed by atoms with E-state index in [2.05, 4.69) is 10.3 Å². The number of anilines is 1. The molecule has 1 heterocycles. The van der Waals surface area contributed by atoms with Gasteiger partial charge in [-0.05, 0) is 48.5 Å². The van der Waals surface area contributed by atoms with Crippen LogP contribution in [0.2, 0.25) is 5.02 Å². The van der Waals surface area contributed by atoms with E-state index in [4.69, 9.17) is 16.3 Å². The van der Waals surface area contributed by atoms with Gasteiger partial charge >= 0.3 is 0 Å². The van der Waals surface area contributed by atoms with Crippen molar-refractivity contribution in [3.63, 3.8) is 0 Å². The van der Waals surface area contributed by atoms with Crippen molar-refractivity contribution in [3.05, 3.63) is 77.9 Å². The molecule has 25 heavy (non-hydrogen) atoms. The smallest absolute Gasteiger partial charge is 0.234 e. The van der Waals surface area contributed by atoms with Gasteiger partial charge in [-0.25, -0.2) is 4.98 Å². The van der Waals surface area contributed by atoms with Crippen LogP contribution < -0.4 is 10.1 Å². The number of hydrogen-bond acceptors (Lipinski definition) is 4. The molecule has 0 saturated heterocycles. The van der Waals surface area contributed by atoms with Crippen LogP contribution in [0.4, 0.5) is 5.69 Å². The monoisotopic (exact) mass is 370 g/mol. The highest BCUT2D eigenvalue weighted by Gasteiger charge is 2.06. The van der Waals surface area contributed by atoms with Crippen LogP contribution >= 0.6 is 23.4 Å². The Hall–Kier alpha value is -2.50. The molecule has 0 atom stereocenters. The Morgan fingerprint density at radius 1 is 1.04 bits per heavy atom. The number of amides is 1. The predicted molar refractivity (Wildman–Crippen MR) is 102 cm³/mol. The molecule has 0 aliphatic heterocycles. The Balaban J connectivity index is 1.53. The third-order valence-corrected chi connectivity index (χ3v) is 4.45. The molecule has 4 nitrogen and oxygen atoms in total. The summed E-state index contributed by atoms with van der Waals surface area (Å²) < 4.78 is 5.72. The van der Waals surface area contributed by atoms with Gasteiger partial charge in [0.25, 0.3) is 0 Å². The standard InChI is InChI=1S/C19H15ClN2O2S/c20-16-5-1-2-6-17(16)24-15-10-8-14(9-11-15)22-18(23)13-25-19-7-3-4-12-21-19/h1-12H,13H2,(H,22,23). The molecular formula is C19H15ClN2O2S. The van der Waals surface area contributed by atoms with Crippen LogP contribution in [0, 0.1) is 0 Å². The zero-order chi connectivity index (χ0) is 17.5. The summed E-state index contributed by atoms with van der Waals surface area (Å²) in [4.78, 5) is 16.2. The highest BCUT2D eigenvalue weighted by atomic mass is 35.5. The van der Waals surface area contributed by atoms with Gasteiger partial charge in [-0.3, -0.25) is 4.79 Å². The number of carbonyl (C=O) groups excluding carboxylic acids is 1. The molecule has 3 aromatic rings. The van der Waals surface area contributed by atoms with E-state index < -0.39 is 0 Å². The molecule has 3 rings (SSSR count). The third kappa shape index (κ3) is 5.24. The molecule has 0 aliphatic rings. The van der Waals surface area contributed by atoms with Crippen LogP contribution in [0.25, 0.3) is 0 Å². The topological polar surface area (TPSA) is 51.2 Å². The number of nitrogens with zero attached hydrogens (tertiary/aromatic N) is 1. The van der Waals surface area contributed by atoms with Gasteiger partial charge in [0.2, 0.25) is 5.91 Å². The molecule has 6 heteroatoms. The molecule has 0 fully saturated rings. The molecular weight excluding hydrogens is 356 g/mol. The Morgan fingerprint density at radius 2 is 1.80 bits per heavy atom. The first-order chi connectivity index (χ1) is 12.2. The number of ether oxygens (including phenoxy) is 1. The van der Waals surface area contributed by atoms with Crippen molar-refractivity contribution in [2.45, 2.75) is 5.03 Å². The van der Waals surface area contributed by atoms with Gasteiger partial charge in [0.1, 0.15) is 11.5 Å². The second-order valence-corrected chi connectivity index (χ2v) is 6.46. The summed E-state index contributed by atoms with van der Waals surface area (Å²) in [6, 6.07) is 20.0. The molecule has 0 bridgehead atoms. The number of halogens is 1. The maximum absolute atomic E-state index is 12.0. The normalized spacial score (nSPS) is 10.3. The van der Waals surface area contributed by atoms with Gasteiger partial charge in [-0.15, -0.1) is 0 Å². The van der Waals surface area contributed by atoms with Gasteiger partial charge in [0, 0.05) is 11.9 Å². The first kappa shape index (κ1) is 17.3. The number of aromatic nitrogens is 1. The average Bonchev–Trinajstić information content (AvgIpc) is 2.64. The fraction of sp³-hybridized carbons (Fsp3) is 0.0526. The summed E-state index contributed by atoms with van der Waals surface area (Å²) in [6.45, 7) is 0. The predicted octanol–water partition coefficient (Wildman–Crippen LogP) is 5.26. The minimum Gasteiger partial charge on any atom is -0.456 e. The van der Waals surface area contributed by atoms with Gasteiger partial charge in [0.15, 0.2) is 0 Å². The zero-order valence-electron chi connectivity index (χ0n) is 13.2. The van der Waals surface area contributed by atoms with Gasteiger partial charge in [0.05, 0.1) is 15.8 Å². The van der Waals surface area contributed by atoms with Crippen molar-refractivity contribution in [2.24, 2.45) is 0 Å². The van der Waals surface area contributed by atoms with Crippen LogP contribution in [0.15, 0.2) is 78.0 Å². The molecule has 0 radical (unpaired) electrons. The Bertz CT molecular complexity index is 842. The maximum Gasteiger partial charge on any atom is 0.234 e. The average molecular weight is 371 g/mol. The Morgan fingerprint density at radius 3 is 2.52 bits per heavy atom. The van der Waals surface area contributed by atoms with Crippen molar-refractivity contribution in [3.8, 4) is 11.5 Å². The minimum absolute atomic E-state index is 0.0876. The van der Waals surface area contributed by atoms with Crippen LogP contribution in [-0.2, 0) is 4.79 Å². The van der Waals surface area contributed by atoms with Crippen LogP contribution in [0.3, 0.4) is 0 Å². The van der Waals surface area contributed by atoms with Gasteiger partial charge in [-0.1, -0.05) is 41.6 Å². The van der Waals surface area contributed by atoms with E-state index in [0.717, 1.165) is 5.03 Å². The largest absolute Gasteiger partial charge is 0.456 e. The fourth-order valence-electron chi connectivity index (χ4n) is 2.03. The summed E-state index contributed by atoms with van der Waals surface area (Å²) >= 11 is 7.46. The second-order valence-electron chi connectivity index (χ2n) is 5.06. The molecule has 2 aromatic carbocycles. The zero-order valence-corrected chi connectivity index (χ0v) is 14.8. The minimum atomic E-state index is -0.0876. The molecule has 0 aliphatic carbocycles. The Labute approximate surface area is 155 Å². The van der Waals surface area contributed by atoms with Crippen LogP contribution in [0.1, 0.15) is 0 Å². The van der Waals surface area contributed by atoms with Crippen molar-refractivity contribution in [1.82, 2.24) is 4.98 Å². The number of pyridine rings is 1. The van der Waals surface area contributed by atoms with Gasteiger partial charge in [-0.2, -0.15) is 0 Å². The fourth-order valence-corrected chi connectivity index (χ4v) is 2.87. The highest BCUT2D eigenvalue weighted by Crippen LogP contribution is 2.29. The summed E-state index contributed by atoms with van der Waals surface area (Å²) in [5, 5.41) is 4.21. The first-order valence-corrected chi connectivity index (χ1v) is 8.93. The SMILES string of the molecule is O=C(CSc1ccccn1)Nc1ccc(Oc2ccccc2Cl)cc1. The number of thioether (sulfide) groups is 1. The third-order valence-electron chi connectivity index (χ3n) is 3.19. The number of rotatable bonds is 6. The van der Waals surface area contributed by atoms with E-state index in [1.807, 2.05) is 30.3 Å². The van der Waals surface area contributed by atoms with Crippen LogP contribution in [-0.4, -0.2) is 16.6 Å². The lowest BCUT2D eigenvalue weighted by atomic mass is 10.3. The maximum atomic E-state index is 12.0. The lowest BCUT2D eigenvalue weighted by Crippen LogP contribution is -2.13. The number of para-hydroxylation sites is 1. The Kier molecular flexibility index (Phi) is 5.93. The van der Waals surface area contributed by atoms with E-state index in [9.17, 15) is 4.79 Å². The van der Waals surface area contributed by atoms with E-state index >= 15 is 0 Å². The summed E-state index contributed by atoms with van der Waals surface area (Å²) in [5.74, 6) is 1.45. The second kappa shape index (κ2) is 8.55. The lowest BCUT2D eigenvalue weighted by Gasteiger charge is -2.09. The molecule has 1 amide bonds. The molecule has 126 valence electrons. The van der Waals surface area contributed by atoms with Crippen molar-refractivity contribution < 1.29 is 9.53 Å². The molecule has 1 aromatic heterocycles. The number of carbonyl (C=O) groups is 1. The van der Waals surface area contributed by atoms with Gasteiger partial charge < -0.3 is 10.1 Å². The van der Waals surface area contributed by atoms with E-state index in [1.165, 1.54) is 11.8 Å². The number of hydrogen-bond donors (Lipinski definition) is 1.